The molecule has 7 heteroatoms. The van der Waals surface area contributed by atoms with Gasteiger partial charge >= 0.3 is 0 Å². The summed E-state index contributed by atoms with van der Waals surface area (Å²) in [6.07, 6.45) is 1.43. The summed E-state index contributed by atoms with van der Waals surface area (Å²) in [5.41, 5.74) is 7.96. The van der Waals surface area contributed by atoms with Crippen molar-refractivity contribution in [2.45, 2.75) is 24.5 Å². The summed E-state index contributed by atoms with van der Waals surface area (Å²) >= 11 is 6.10. The molecule has 0 aliphatic carbocycles. The van der Waals surface area contributed by atoms with E-state index >= 15 is 0 Å². The molecule has 4 rings (SSSR count). The van der Waals surface area contributed by atoms with E-state index in [0.717, 1.165) is 26.1 Å². The molecular weight excluding hydrogens is 376 g/mol. The Morgan fingerprint density at radius 3 is 2.86 bits per heavy atom. The molecular formula is C21H25ClN4O2. The van der Waals surface area contributed by atoms with Crippen LogP contribution >= 0.6 is 11.6 Å². The van der Waals surface area contributed by atoms with Gasteiger partial charge in [0.05, 0.1) is 35.6 Å². The van der Waals surface area contributed by atoms with Crippen LogP contribution in [0.1, 0.15) is 28.3 Å². The monoisotopic (exact) mass is 400 g/mol. The van der Waals surface area contributed by atoms with Gasteiger partial charge in [0.15, 0.2) is 0 Å². The van der Waals surface area contributed by atoms with Crippen LogP contribution in [0.3, 0.4) is 0 Å². The lowest BCUT2D eigenvalue weighted by molar-refractivity contribution is 0.0873. The van der Waals surface area contributed by atoms with Crippen LogP contribution in [0.2, 0.25) is 5.02 Å². The summed E-state index contributed by atoms with van der Waals surface area (Å²) in [6, 6.07) is 13.8. The van der Waals surface area contributed by atoms with E-state index in [1.807, 2.05) is 6.07 Å². The van der Waals surface area contributed by atoms with Crippen LogP contribution in [-0.4, -0.2) is 49.8 Å². The molecule has 3 unspecified atom stereocenters. The number of carbonyl (C=O) groups excluding carboxylic acids is 1. The first-order valence-electron chi connectivity index (χ1n) is 9.53. The Balaban J connectivity index is 1.42. The Labute approximate surface area is 170 Å². The number of halogens is 1. The standard InChI is InChI=1S/C21H25ClN4O2/c1-28-19-10-18(23)17(22)9-16(19)21(27)25-14-11-24-20-15(7-8-26(20)12-14)13-5-3-2-4-6-13/h2-6,9-10,14-15,20,24H,7-8,11-12,23H2,1H3,(H,25,27). The van der Waals surface area contributed by atoms with Crippen molar-refractivity contribution in [3.05, 3.63) is 58.6 Å². The number of benzene rings is 2. The second kappa shape index (κ2) is 7.99. The van der Waals surface area contributed by atoms with Crippen molar-refractivity contribution < 1.29 is 9.53 Å². The second-order valence-corrected chi connectivity index (χ2v) is 7.81. The van der Waals surface area contributed by atoms with E-state index in [9.17, 15) is 4.79 Å². The van der Waals surface area contributed by atoms with Crippen LogP contribution in [0, 0.1) is 0 Å². The van der Waals surface area contributed by atoms with Crippen molar-refractivity contribution in [1.82, 2.24) is 15.5 Å². The number of nitrogens with two attached hydrogens (primary N) is 1. The van der Waals surface area contributed by atoms with Crippen LogP contribution in [0.25, 0.3) is 0 Å². The van der Waals surface area contributed by atoms with Crippen molar-refractivity contribution in [2.24, 2.45) is 0 Å². The zero-order valence-electron chi connectivity index (χ0n) is 15.8. The summed E-state index contributed by atoms with van der Waals surface area (Å²) in [5.74, 6) is 0.697. The molecule has 0 aromatic heterocycles. The third-order valence-corrected chi connectivity index (χ3v) is 5.98. The minimum Gasteiger partial charge on any atom is -0.496 e. The molecule has 148 valence electrons. The van der Waals surface area contributed by atoms with Gasteiger partial charge in [-0.1, -0.05) is 41.9 Å². The molecule has 2 aromatic carbocycles. The molecule has 0 spiro atoms. The van der Waals surface area contributed by atoms with Crippen molar-refractivity contribution in [1.29, 1.82) is 0 Å². The highest BCUT2D eigenvalue weighted by Crippen LogP contribution is 2.33. The molecule has 28 heavy (non-hydrogen) atoms. The maximum absolute atomic E-state index is 12.8. The van der Waals surface area contributed by atoms with Crippen LogP contribution < -0.4 is 21.1 Å². The number of nitrogens with zero attached hydrogens (tertiary/aromatic N) is 1. The van der Waals surface area contributed by atoms with E-state index in [-0.39, 0.29) is 11.9 Å². The molecule has 6 nitrogen and oxygen atoms in total. The largest absolute Gasteiger partial charge is 0.496 e. The molecule has 2 aromatic rings. The predicted molar refractivity (Wildman–Crippen MR) is 111 cm³/mol. The molecule has 1 amide bonds. The summed E-state index contributed by atoms with van der Waals surface area (Å²) < 4.78 is 5.30. The molecule has 0 saturated carbocycles. The first-order chi connectivity index (χ1) is 13.6. The quantitative estimate of drug-likeness (QED) is 0.687. The Morgan fingerprint density at radius 1 is 1.32 bits per heavy atom. The van der Waals surface area contributed by atoms with E-state index in [0.29, 0.717) is 34.1 Å². The number of fused-ring (bicyclic) bond motifs is 1. The number of nitrogens with one attached hydrogen (secondary N) is 2. The zero-order valence-corrected chi connectivity index (χ0v) is 16.6. The molecule has 2 aliphatic heterocycles. The minimum absolute atomic E-state index is 0.0132. The number of ether oxygens (including phenoxy) is 1. The van der Waals surface area contributed by atoms with E-state index in [1.54, 1.807) is 12.1 Å². The van der Waals surface area contributed by atoms with Crippen molar-refractivity contribution in [3.63, 3.8) is 0 Å². The third-order valence-electron chi connectivity index (χ3n) is 5.66. The van der Waals surface area contributed by atoms with Gasteiger partial charge in [-0.2, -0.15) is 0 Å². The molecule has 0 radical (unpaired) electrons. The second-order valence-electron chi connectivity index (χ2n) is 7.40. The Bertz CT molecular complexity index is 861. The lowest BCUT2D eigenvalue weighted by Gasteiger charge is -2.38. The van der Waals surface area contributed by atoms with Crippen LogP contribution in [-0.2, 0) is 0 Å². The fourth-order valence-electron chi connectivity index (χ4n) is 4.27. The zero-order chi connectivity index (χ0) is 19.7. The van der Waals surface area contributed by atoms with Gasteiger partial charge in [0.2, 0.25) is 0 Å². The molecule has 2 aliphatic rings. The van der Waals surface area contributed by atoms with Crippen molar-refractivity contribution >= 4 is 23.2 Å². The summed E-state index contributed by atoms with van der Waals surface area (Å²) in [6.45, 7) is 2.56. The third kappa shape index (κ3) is 3.68. The van der Waals surface area contributed by atoms with Gasteiger partial charge in [0, 0.05) is 31.6 Å². The Kier molecular flexibility index (Phi) is 5.44. The number of nitrogen functional groups attached to an aromatic ring is 1. The maximum atomic E-state index is 12.8. The molecule has 2 fully saturated rings. The number of methoxy groups -OCH3 is 1. The number of hydrogen-bond acceptors (Lipinski definition) is 5. The van der Waals surface area contributed by atoms with Gasteiger partial charge in [-0.25, -0.2) is 0 Å². The highest BCUT2D eigenvalue weighted by molar-refractivity contribution is 6.33. The van der Waals surface area contributed by atoms with Crippen molar-refractivity contribution in [2.75, 3.05) is 32.5 Å². The van der Waals surface area contributed by atoms with Crippen molar-refractivity contribution in [3.8, 4) is 5.75 Å². The molecule has 3 atom stereocenters. The maximum Gasteiger partial charge on any atom is 0.255 e. The number of rotatable bonds is 4. The molecule has 0 bridgehead atoms. The summed E-state index contributed by atoms with van der Waals surface area (Å²) in [7, 11) is 1.51. The van der Waals surface area contributed by atoms with Crippen LogP contribution in [0.5, 0.6) is 5.75 Å². The van der Waals surface area contributed by atoms with E-state index in [2.05, 4.69) is 39.8 Å². The first kappa shape index (κ1) is 19.1. The normalized spacial score (nSPS) is 24.6. The molecule has 2 saturated heterocycles. The molecule has 2 heterocycles. The van der Waals surface area contributed by atoms with Crippen LogP contribution in [0.4, 0.5) is 5.69 Å². The number of carbonyl (C=O) groups is 1. The Morgan fingerprint density at radius 2 is 2.11 bits per heavy atom. The first-order valence-corrected chi connectivity index (χ1v) is 9.91. The SMILES string of the molecule is COc1cc(N)c(Cl)cc1C(=O)NC1CNC2C(c3ccccc3)CCN2C1. The number of hydrogen-bond donors (Lipinski definition) is 3. The topological polar surface area (TPSA) is 79.6 Å². The van der Waals surface area contributed by atoms with E-state index in [1.165, 1.54) is 12.7 Å². The van der Waals surface area contributed by atoms with E-state index in [4.69, 9.17) is 22.1 Å². The average Bonchev–Trinajstić information content (AvgIpc) is 3.13. The summed E-state index contributed by atoms with van der Waals surface area (Å²) in [4.78, 5) is 15.2. The minimum atomic E-state index is -0.206. The van der Waals surface area contributed by atoms with Gasteiger partial charge in [0.25, 0.3) is 5.91 Å². The highest BCUT2D eigenvalue weighted by Gasteiger charge is 2.39. The van der Waals surface area contributed by atoms with E-state index < -0.39 is 0 Å². The molecule has 4 N–H and O–H groups in total. The van der Waals surface area contributed by atoms with Gasteiger partial charge in [-0.3, -0.25) is 15.0 Å². The Hall–Kier alpha value is -2.28. The lowest BCUT2D eigenvalue weighted by atomic mass is 9.95. The fourth-order valence-corrected chi connectivity index (χ4v) is 4.43. The van der Waals surface area contributed by atoms with Gasteiger partial charge < -0.3 is 15.8 Å². The highest BCUT2D eigenvalue weighted by atomic mass is 35.5. The van der Waals surface area contributed by atoms with Gasteiger partial charge in [-0.15, -0.1) is 0 Å². The fraction of sp³-hybridized carbons (Fsp3) is 0.381. The number of amides is 1. The smallest absolute Gasteiger partial charge is 0.255 e. The number of anilines is 1. The van der Waals surface area contributed by atoms with Gasteiger partial charge in [0.1, 0.15) is 5.75 Å². The predicted octanol–water partition coefficient (Wildman–Crippen LogP) is 2.45. The van der Waals surface area contributed by atoms with Gasteiger partial charge in [-0.05, 0) is 18.1 Å². The average molecular weight is 401 g/mol. The summed E-state index contributed by atoms with van der Waals surface area (Å²) in [5, 5.41) is 7.07. The lowest BCUT2D eigenvalue weighted by Crippen LogP contribution is -2.60. The van der Waals surface area contributed by atoms with Crippen LogP contribution in [0.15, 0.2) is 42.5 Å².